The number of aromatic nitrogens is 4. The van der Waals surface area contributed by atoms with E-state index >= 15 is 0 Å². The van der Waals surface area contributed by atoms with Crippen LogP contribution in [0.2, 0.25) is 0 Å². The predicted octanol–water partition coefficient (Wildman–Crippen LogP) is 0.919. The van der Waals surface area contributed by atoms with E-state index in [1.54, 1.807) is 18.6 Å². The highest BCUT2D eigenvalue weighted by molar-refractivity contribution is 6.00. The first-order valence-electron chi connectivity index (χ1n) is 39.8. The summed E-state index contributed by atoms with van der Waals surface area (Å²) >= 11 is 0. The summed E-state index contributed by atoms with van der Waals surface area (Å²) in [5, 5.41) is 48.4. The molecular weight excluding hydrogens is 1500 g/mol. The van der Waals surface area contributed by atoms with Crippen LogP contribution in [0.25, 0.3) is 21.8 Å². The van der Waals surface area contributed by atoms with Crippen molar-refractivity contribution >= 4 is 105 Å². The van der Waals surface area contributed by atoms with E-state index in [4.69, 9.17) is 17.2 Å². The lowest BCUT2D eigenvalue weighted by molar-refractivity contribution is -0.144. The Labute approximate surface area is 672 Å². The Balaban J connectivity index is 0.892. The summed E-state index contributed by atoms with van der Waals surface area (Å²) in [6, 6.07) is 5.45. The van der Waals surface area contributed by atoms with Crippen LogP contribution in [0.4, 0.5) is 0 Å². The summed E-state index contributed by atoms with van der Waals surface area (Å²) in [5.74, 6) is -11.6. The number of aromatic hydroxyl groups is 1. The van der Waals surface area contributed by atoms with Crippen LogP contribution in [-0.2, 0) is 92.8 Å². The zero-order chi connectivity index (χ0) is 84.3. The zero-order valence-electron chi connectivity index (χ0n) is 66.6. The molecule has 0 aliphatic carbocycles. The number of carbonyl (C=O) groups is 14. The molecule has 2 fully saturated rings. The number of aliphatic carboxylic acids is 1. The molecule has 0 bridgehead atoms. The molecule has 2 aliphatic heterocycles. The van der Waals surface area contributed by atoms with Crippen molar-refractivity contribution in [3.05, 3.63) is 120 Å². The molecular formula is C81H113N19O16. The zero-order valence-corrected chi connectivity index (χ0v) is 66.6. The number of para-hydroxylation sites is 2. The number of carboxylic acids is 1. The maximum atomic E-state index is 14.9. The van der Waals surface area contributed by atoms with E-state index in [1.807, 2.05) is 83.1 Å². The molecule has 116 heavy (non-hydrogen) atoms. The summed E-state index contributed by atoms with van der Waals surface area (Å²) < 4.78 is 0. The van der Waals surface area contributed by atoms with Crippen molar-refractivity contribution < 1.29 is 77.3 Å². The molecule has 13 amide bonds. The smallest absolute Gasteiger partial charge is 0.326 e. The van der Waals surface area contributed by atoms with Crippen LogP contribution < -0.4 is 70.4 Å². The minimum atomic E-state index is -1.43. The number of nitrogens with zero attached hydrogens (tertiary/aromatic N) is 3. The molecule has 628 valence electrons. The fourth-order valence-electron chi connectivity index (χ4n) is 14.5. The lowest BCUT2D eigenvalue weighted by Crippen LogP contribution is -2.60. The number of rotatable bonds is 45. The number of primary amides is 1. The van der Waals surface area contributed by atoms with Gasteiger partial charge in [0.05, 0.1) is 24.6 Å². The van der Waals surface area contributed by atoms with Gasteiger partial charge in [-0.05, 0) is 143 Å². The predicted molar refractivity (Wildman–Crippen MR) is 429 cm³/mol. The molecule has 0 spiro atoms. The molecule has 0 unspecified atom stereocenters. The molecule has 2 saturated heterocycles. The van der Waals surface area contributed by atoms with Gasteiger partial charge in [-0.1, -0.05) is 96.0 Å². The van der Waals surface area contributed by atoms with Crippen LogP contribution in [0.3, 0.4) is 0 Å². The van der Waals surface area contributed by atoms with Crippen LogP contribution in [0.1, 0.15) is 154 Å². The molecule has 5 heterocycles. The van der Waals surface area contributed by atoms with Crippen molar-refractivity contribution in [3.8, 4) is 5.75 Å². The number of nitrogens with two attached hydrogens (primary N) is 3. The number of carboxylic acid groups (broad SMARTS) is 1. The lowest BCUT2D eigenvalue weighted by atomic mass is 9.99. The first-order valence-corrected chi connectivity index (χ1v) is 39.8. The van der Waals surface area contributed by atoms with Crippen molar-refractivity contribution in [2.75, 3.05) is 26.2 Å². The van der Waals surface area contributed by atoms with Gasteiger partial charge in [0.15, 0.2) is 0 Å². The van der Waals surface area contributed by atoms with Crippen molar-refractivity contribution in [2.45, 2.75) is 230 Å². The third-order valence-corrected chi connectivity index (χ3v) is 20.7. The van der Waals surface area contributed by atoms with Crippen LogP contribution in [0, 0.1) is 11.8 Å². The van der Waals surface area contributed by atoms with Crippen LogP contribution >= 0.6 is 0 Å². The molecule has 8 rings (SSSR count). The van der Waals surface area contributed by atoms with Crippen LogP contribution in [0.5, 0.6) is 5.75 Å². The van der Waals surface area contributed by atoms with Gasteiger partial charge < -0.3 is 105 Å². The number of phenolic OH excluding ortho intramolecular Hbond substituents is 1. The molecule has 0 saturated carbocycles. The second kappa shape index (κ2) is 43.7. The number of fused-ring (bicyclic) bond motifs is 2. The number of H-pyrrole nitrogens is 3. The summed E-state index contributed by atoms with van der Waals surface area (Å²) in [6.07, 6.45) is 8.79. The van der Waals surface area contributed by atoms with Crippen LogP contribution in [-0.4, -0.2) is 221 Å². The van der Waals surface area contributed by atoms with Gasteiger partial charge in [-0.3, -0.25) is 62.3 Å². The maximum Gasteiger partial charge on any atom is 0.326 e. The second-order valence-electron chi connectivity index (χ2n) is 30.8. The molecule has 35 heteroatoms. The van der Waals surface area contributed by atoms with E-state index in [0.29, 0.717) is 55.3 Å². The minimum absolute atomic E-state index is 0.0346. The number of benzene rings is 3. The van der Waals surface area contributed by atoms with Crippen molar-refractivity contribution in [2.24, 2.45) is 29.0 Å². The topological polar surface area (TPSA) is 545 Å². The number of likely N-dealkylation sites (tertiary alicyclic amines) is 2. The Kier molecular flexibility index (Phi) is 33.8. The lowest BCUT2D eigenvalue weighted by Gasteiger charge is -2.31. The van der Waals surface area contributed by atoms with Gasteiger partial charge in [0.2, 0.25) is 76.8 Å². The van der Waals surface area contributed by atoms with Gasteiger partial charge in [-0.2, -0.15) is 0 Å². The number of unbranched alkanes of at least 4 members (excludes halogenated alkanes) is 2. The van der Waals surface area contributed by atoms with E-state index in [-0.39, 0.29) is 114 Å². The maximum absolute atomic E-state index is 14.9. The van der Waals surface area contributed by atoms with Gasteiger partial charge in [-0.15, -0.1) is 0 Å². The number of amides is 13. The van der Waals surface area contributed by atoms with E-state index < -0.39 is 162 Å². The van der Waals surface area contributed by atoms with Gasteiger partial charge >= 0.3 is 5.97 Å². The Morgan fingerprint density at radius 1 is 0.526 bits per heavy atom. The highest BCUT2D eigenvalue weighted by Crippen LogP contribution is 2.26. The van der Waals surface area contributed by atoms with E-state index in [9.17, 15) is 77.3 Å². The van der Waals surface area contributed by atoms with Crippen molar-refractivity contribution in [1.82, 2.24) is 82.9 Å². The third-order valence-electron chi connectivity index (χ3n) is 20.7. The molecule has 21 N–H and O–H groups in total. The molecule has 2 aliphatic rings. The molecule has 3 aromatic heterocycles. The molecule has 6 aromatic rings. The van der Waals surface area contributed by atoms with Crippen molar-refractivity contribution in [3.63, 3.8) is 0 Å². The molecule has 12 atom stereocenters. The summed E-state index contributed by atoms with van der Waals surface area (Å²) in [7, 11) is 0. The normalized spacial score (nSPS) is 16.6. The van der Waals surface area contributed by atoms with E-state index in [2.05, 4.69) is 73.1 Å². The Bertz CT molecular complexity index is 4390. The second-order valence-corrected chi connectivity index (χ2v) is 30.8. The number of aromatic amines is 3. The first-order chi connectivity index (χ1) is 55.4. The molecule has 35 nitrogen and oxygen atoms in total. The van der Waals surface area contributed by atoms with Crippen LogP contribution in [0.15, 0.2) is 97.7 Å². The number of hydrogen-bond donors (Lipinski definition) is 18. The SMILES string of the molecule is CCCC[C@H](NC(=O)[C@@H]1CCCN1C(=O)[C@H](CCC(N)=O)NC(=O)CNC(=O)[C@@H]1CCCN1C(=O)[C@H](CCCCN)NC(=O)[C@H](CC(C)C)NC(=O)[C@H](C)NC(=O)[C@H](CC(C)C)NC(=O)[C@H](Cc1c[nH]c2ccccc12)NC(=O)[C@H](Cc1c[nH]cn1)NC(=O)[C@@H](N)Cc1c[nH]c2ccccc12)C(=O)N[C@@H](Cc1ccc(O)cc1)C(=O)O. The number of nitrogens with one attached hydrogen (secondary N) is 13. The summed E-state index contributed by atoms with van der Waals surface area (Å²) in [5.41, 5.74) is 21.9. The largest absolute Gasteiger partial charge is 0.508 e. The Morgan fingerprint density at radius 3 is 1.59 bits per heavy atom. The Morgan fingerprint density at radius 2 is 1.03 bits per heavy atom. The summed E-state index contributed by atoms with van der Waals surface area (Å²) in [4.78, 5) is 212. The average molecular weight is 1610 g/mol. The fourth-order valence-corrected chi connectivity index (χ4v) is 14.5. The monoisotopic (exact) mass is 1610 g/mol. The highest BCUT2D eigenvalue weighted by Gasteiger charge is 2.42. The van der Waals surface area contributed by atoms with Crippen molar-refractivity contribution in [1.29, 1.82) is 0 Å². The molecule has 3 aromatic carbocycles. The quantitative estimate of drug-likeness (QED) is 0.0236. The fraction of sp³-hybridized carbons (Fsp3) is 0.519. The van der Waals surface area contributed by atoms with Gasteiger partial charge in [-0.25, -0.2) is 9.78 Å². The van der Waals surface area contributed by atoms with Gasteiger partial charge in [0.25, 0.3) is 0 Å². The number of phenols is 1. The average Bonchev–Trinajstić information content (AvgIpc) is 1.74. The standard InChI is InChI=1S/C81H113N19O16/c1-7-8-19-58(72(106)98-65(81(115)116)36-48-25-27-52(101)28-26-48)92-78(112)67-24-16-33-100(67)80(114)60(29-30-68(84)102)91-69(103)43-88-77(111)66-23-15-32-99(66)79(113)59(22-13-14-31-82)93-74(108)62(35-46(4)5)94-70(104)47(6)90-73(107)61(34-45(2)3)96-75(109)63(38-50-41-87-57-21-12-10-18-54(50)57)97-76(110)64(39-51-42-85-44-89-51)95-71(105)55(83)37-49-40-86-56-20-11-9-17-53(49)56/h9-12,17-18,20-21,25-28,40-42,44-47,55,58-67,86-87,101H,7-8,13-16,19,22-24,29-39,43,82-83H2,1-6H3,(H2,84,102)(H,85,89)(H,88,111)(H,90,107)(H,91,103)(H,92,112)(H,93,108)(H,94,104)(H,95,105)(H,96,109)(H,97,110)(H,98,106)(H,115,116)/t47-,55-,58-,59-,60-,61-,62-,63-,64-,65-,66-,67-/m0/s1. The number of imidazole rings is 1. The summed E-state index contributed by atoms with van der Waals surface area (Å²) in [6.45, 7) is 10.2. The highest BCUT2D eigenvalue weighted by atomic mass is 16.4. The van der Waals surface area contributed by atoms with Gasteiger partial charge in [0.1, 0.15) is 72.2 Å². The minimum Gasteiger partial charge on any atom is -0.508 e. The van der Waals surface area contributed by atoms with Gasteiger partial charge in [0, 0.05) is 79.2 Å². The first kappa shape index (κ1) is 89.8. The van der Waals surface area contributed by atoms with E-state index in [1.165, 1.54) is 47.3 Å². The number of carbonyl (C=O) groups excluding carboxylic acids is 13. The van der Waals surface area contributed by atoms with E-state index in [0.717, 1.165) is 27.4 Å². The Hall–Kier alpha value is -11.8. The molecule has 0 radical (unpaired) electrons. The number of hydrogen-bond acceptors (Lipinski definition) is 18. The third kappa shape index (κ3) is 26.1.